The molecule has 3 heteroatoms. The highest BCUT2D eigenvalue weighted by atomic mass is 15.0. The van der Waals surface area contributed by atoms with E-state index in [2.05, 4.69) is 57.2 Å². The van der Waals surface area contributed by atoms with Gasteiger partial charge in [0.2, 0.25) is 0 Å². The molecule has 0 saturated carbocycles. The highest BCUT2D eigenvalue weighted by Crippen LogP contribution is 2.27. The topological polar surface area (TPSA) is 29.6 Å². The first-order valence-corrected chi connectivity index (χ1v) is 7.14. The van der Waals surface area contributed by atoms with Gasteiger partial charge in [-0.2, -0.15) is 0 Å². The Kier molecular flexibility index (Phi) is 2.89. The zero-order chi connectivity index (χ0) is 14.1. The molecule has 0 amide bonds. The number of aliphatic imine (C=N–C) groups is 2. The van der Waals surface area contributed by atoms with Crippen LogP contribution in [0.3, 0.4) is 0 Å². The molecule has 102 valence electrons. The van der Waals surface area contributed by atoms with Crippen molar-refractivity contribution >= 4 is 11.9 Å². The van der Waals surface area contributed by atoms with Crippen LogP contribution in [0.1, 0.15) is 18.2 Å². The minimum Gasteiger partial charge on any atom is -0.339 e. The van der Waals surface area contributed by atoms with Crippen molar-refractivity contribution in [3.63, 3.8) is 0 Å². The fourth-order valence-electron chi connectivity index (χ4n) is 2.86. The van der Waals surface area contributed by atoms with E-state index in [4.69, 9.17) is 0 Å². The molecule has 2 aliphatic heterocycles. The van der Waals surface area contributed by atoms with Gasteiger partial charge in [0, 0.05) is 24.2 Å². The lowest BCUT2D eigenvalue weighted by atomic mass is 10.0. The van der Waals surface area contributed by atoms with E-state index in [0.717, 1.165) is 29.1 Å². The van der Waals surface area contributed by atoms with E-state index in [1.807, 2.05) is 30.6 Å². The maximum Gasteiger partial charge on any atom is 0.0961 e. The van der Waals surface area contributed by atoms with Gasteiger partial charge >= 0.3 is 0 Å². The number of aromatic nitrogens is 1. The molecule has 0 spiro atoms. The smallest absolute Gasteiger partial charge is 0.0961 e. The van der Waals surface area contributed by atoms with Crippen LogP contribution in [0.5, 0.6) is 0 Å². The van der Waals surface area contributed by atoms with Crippen LogP contribution in [0, 0.1) is 0 Å². The molecule has 0 aromatic carbocycles. The van der Waals surface area contributed by atoms with Crippen molar-refractivity contribution in [3.05, 3.63) is 84.0 Å². The van der Waals surface area contributed by atoms with Crippen molar-refractivity contribution in [2.75, 3.05) is 0 Å². The molecule has 1 unspecified atom stereocenters. The minimum atomic E-state index is 0.358. The van der Waals surface area contributed by atoms with Crippen LogP contribution in [0.2, 0.25) is 0 Å². The fourth-order valence-corrected chi connectivity index (χ4v) is 2.86. The van der Waals surface area contributed by atoms with Gasteiger partial charge in [-0.15, -0.1) is 0 Å². The van der Waals surface area contributed by atoms with Gasteiger partial charge in [0.05, 0.1) is 23.1 Å². The summed E-state index contributed by atoms with van der Waals surface area (Å²) in [5.74, 6) is 0. The molecule has 0 bridgehead atoms. The molecule has 1 atom stereocenters. The second-order valence-electron chi connectivity index (χ2n) is 5.15. The summed E-state index contributed by atoms with van der Waals surface area (Å²) in [6, 6.07) is 4.57. The normalized spacial score (nSPS) is 26.1. The largest absolute Gasteiger partial charge is 0.339 e. The van der Waals surface area contributed by atoms with E-state index in [-0.39, 0.29) is 0 Å². The summed E-state index contributed by atoms with van der Waals surface area (Å²) in [5, 5.41) is 0. The lowest BCUT2D eigenvalue weighted by molar-refractivity contribution is 0.607. The molecular weight excluding hydrogens is 258 g/mol. The van der Waals surface area contributed by atoms with Crippen LogP contribution >= 0.6 is 0 Å². The van der Waals surface area contributed by atoms with E-state index in [9.17, 15) is 0 Å². The predicted octanol–water partition coefficient (Wildman–Crippen LogP) is 3.76. The molecule has 4 rings (SSSR count). The number of allylic oxidation sites excluding steroid dienone is 8. The van der Waals surface area contributed by atoms with Crippen LogP contribution in [-0.4, -0.2) is 16.5 Å². The second-order valence-corrected chi connectivity index (χ2v) is 5.15. The van der Waals surface area contributed by atoms with Crippen LogP contribution in [0.4, 0.5) is 0 Å². The zero-order valence-corrected chi connectivity index (χ0v) is 11.6. The molecule has 0 N–H and O–H groups in total. The van der Waals surface area contributed by atoms with E-state index in [1.165, 1.54) is 0 Å². The molecule has 0 saturated heterocycles. The standard InChI is InChI=1S/C18H15N3/c1-2-6-14(7-3-1)21-13-5-9-17(21)18-15(10-12-20-18)16-8-4-11-19-16/h1-6,8-14H,7H2. The van der Waals surface area contributed by atoms with Crippen LogP contribution < -0.4 is 0 Å². The molecule has 1 aromatic heterocycles. The highest BCUT2D eigenvalue weighted by molar-refractivity contribution is 6.16. The van der Waals surface area contributed by atoms with Gasteiger partial charge < -0.3 is 4.57 Å². The summed E-state index contributed by atoms with van der Waals surface area (Å²) in [7, 11) is 0. The van der Waals surface area contributed by atoms with Gasteiger partial charge in [0.1, 0.15) is 0 Å². The minimum absolute atomic E-state index is 0.358. The van der Waals surface area contributed by atoms with Crippen molar-refractivity contribution in [3.8, 4) is 0 Å². The molecule has 1 aromatic rings. The number of rotatable bonds is 2. The zero-order valence-electron chi connectivity index (χ0n) is 11.6. The van der Waals surface area contributed by atoms with Crippen LogP contribution in [-0.2, 0) is 0 Å². The Morgan fingerprint density at radius 1 is 1.14 bits per heavy atom. The van der Waals surface area contributed by atoms with E-state index in [1.54, 1.807) is 0 Å². The average molecular weight is 273 g/mol. The summed E-state index contributed by atoms with van der Waals surface area (Å²) in [6.07, 6.45) is 21.5. The third kappa shape index (κ3) is 2.07. The second kappa shape index (κ2) is 5.02. The molecule has 3 heterocycles. The SMILES string of the molecule is C1=CCC(n2cccc2C2=NC=CC2=C2C=CC=N2)C=C1. The summed E-state index contributed by atoms with van der Waals surface area (Å²) in [4.78, 5) is 8.96. The van der Waals surface area contributed by atoms with Crippen LogP contribution in [0.15, 0.2) is 88.3 Å². The highest BCUT2D eigenvalue weighted by Gasteiger charge is 2.21. The Morgan fingerprint density at radius 3 is 2.95 bits per heavy atom. The summed E-state index contributed by atoms with van der Waals surface area (Å²) in [6.45, 7) is 0. The van der Waals surface area contributed by atoms with Gasteiger partial charge in [-0.05, 0) is 36.8 Å². The van der Waals surface area contributed by atoms with Gasteiger partial charge in [-0.1, -0.05) is 24.3 Å². The summed E-state index contributed by atoms with van der Waals surface area (Å²) in [5.41, 5.74) is 4.22. The molecule has 21 heavy (non-hydrogen) atoms. The Balaban J connectivity index is 1.75. The maximum absolute atomic E-state index is 4.57. The lowest BCUT2D eigenvalue weighted by Gasteiger charge is -2.19. The molecule has 0 fully saturated rings. The van der Waals surface area contributed by atoms with Crippen molar-refractivity contribution in [1.29, 1.82) is 0 Å². The van der Waals surface area contributed by atoms with E-state index >= 15 is 0 Å². The van der Waals surface area contributed by atoms with Gasteiger partial charge in [-0.3, -0.25) is 9.98 Å². The van der Waals surface area contributed by atoms with Gasteiger partial charge in [0.25, 0.3) is 0 Å². The Morgan fingerprint density at radius 2 is 2.14 bits per heavy atom. The monoisotopic (exact) mass is 273 g/mol. The number of nitrogens with zero attached hydrogens (tertiary/aromatic N) is 3. The Bertz CT molecular complexity index is 765. The number of hydrogen-bond acceptors (Lipinski definition) is 2. The molecule has 0 radical (unpaired) electrons. The first-order chi connectivity index (χ1) is 10.4. The first kappa shape index (κ1) is 12.1. The fraction of sp³-hybridized carbons (Fsp3) is 0.111. The van der Waals surface area contributed by atoms with Crippen LogP contribution in [0.25, 0.3) is 0 Å². The quantitative estimate of drug-likeness (QED) is 0.785. The predicted molar refractivity (Wildman–Crippen MR) is 86.7 cm³/mol. The Hall–Kier alpha value is -2.68. The van der Waals surface area contributed by atoms with E-state index < -0.39 is 0 Å². The van der Waals surface area contributed by atoms with Crippen molar-refractivity contribution in [1.82, 2.24) is 4.57 Å². The van der Waals surface area contributed by atoms with Crippen molar-refractivity contribution in [2.24, 2.45) is 9.98 Å². The molecule has 3 aliphatic rings. The molecule has 1 aliphatic carbocycles. The number of hydrogen-bond donors (Lipinski definition) is 0. The average Bonchev–Trinajstić information content (AvgIpc) is 3.27. The van der Waals surface area contributed by atoms with Gasteiger partial charge in [0.15, 0.2) is 0 Å². The van der Waals surface area contributed by atoms with Crippen molar-refractivity contribution in [2.45, 2.75) is 12.5 Å². The first-order valence-electron chi connectivity index (χ1n) is 7.14. The maximum atomic E-state index is 4.57. The summed E-state index contributed by atoms with van der Waals surface area (Å²) >= 11 is 0. The van der Waals surface area contributed by atoms with Crippen molar-refractivity contribution < 1.29 is 0 Å². The third-order valence-electron chi connectivity index (χ3n) is 3.87. The third-order valence-corrected chi connectivity index (χ3v) is 3.87. The molecule has 3 nitrogen and oxygen atoms in total. The summed E-state index contributed by atoms with van der Waals surface area (Å²) < 4.78 is 2.29. The van der Waals surface area contributed by atoms with E-state index in [0.29, 0.717) is 6.04 Å². The molecular formula is C18H15N3. The van der Waals surface area contributed by atoms with Gasteiger partial charge in [-0.25, -0.2) is 0 Å². The Labute approximate surface area is 123 Å². The lowest BCUT2D eigenvalue weighted by Crippen LogP contribution is -2.14.